The standard InChI is InChI=1S/C19H25N3O3/c1-13(2)19-20-17(25-21-19)9-10-18(23)22-11-14(3)24-16(12-22)15-7-5-4-6-8-15/h4-8,13-14,16H,9-12H2,1-3H3/t14-,16-/m1/s1. The molecule has 0 saturated carbocycles. The molecule has 1 amide bonds. The second-order valence-corrected chi connectivity index (χ2v) is 6.85. The van der Waals surface area contributed by atoms with Gasteiger partial charge in [-0.25, -0.2) is 0 Å². The van der Waals surface area contributed by atoms with Gasteiger partial charge in [-0.3, -0.25) is 4.79 Å². The highest BCUT2D eigenvalue weighted by Gasteiger charge is 2.29. The first-order chi connectivity index (χ1) is 12.0. The summed E-state index contributed by atoms with van der Waals surface area (Å²) in [5.74, 6) is 1.53. The smallest absolute Gasteiger partial charge is 0.227 e. The molecule has 0 radical (unpaired) electrons. The van der Waals surface area contributed by atoms with Gasteiger partial charge in [-0.2, -0.15) is 4.98 Å². The van der Waals surface area contributed by atoms with E-state index in [9.17, 15) is 4.79 Å². The van der Waals surface area contributed by atoms with E-state index in [1.54, 1.807) is 0 Å². The molecule has 1 aliphatic heterocycles. The molecule has 6 nitrogen and oxygen atoms in total. The molecule has 1 saturated heterocycles. The molecule has 1 aliphatic rings. The zero-order chi connectivity index (χ0) is 17.8. The van der Waals surface area contributed by atoms with Gasteiger partial charge in [0, 0.05) is 25.3 Å². The molecule has 6 heteroatoms. The van der Waals surface area contributed by atoms with E-state index in [0.29, 0.717) is 37.6 Å². The normalized spacial score (nSPS) is 20.9. The van der Waals surface area contributed by atoms with E-state index in [2.05, 4.69) is 10.1 Å². The first-order valence-electron chi connectivity index (χ1n) is 8.83. The molecule has 2 aromatic rings. The number of rotatable bonds is 5. The van der Waals surface area contributed by atoms with E-state index >= 15 is 0 Å². The highest BCUT2D eigenvalue weighted by Crippen LogP contribution is 2.25. The Bertz CT molecular complexity index is 699. The lowest BCUT2D eigenvalue weighted by molar-refractivity contribution is -0.144. The second kappa shape index (κ2) is 7.78. The third kappa shape index (κ3) is 4.45. The number of hydrogen-bond acceptors (Lipinski definition) is 5. The topological polar surface area (TPSA) is 68.5 Å². The fourth-order valence-corrected chi connectivity index (χ4v) is 2.98. The average Bonchev–Trinajstić information content (AvgIpc) is 3.09. The van der Waals surface area contributed by atoms with Crippen molar-refractivity contribution in [1.29, 1.82) is 0 Å². The summed E-state index contributed by atoms with van der Waals surface area (Å²) >= 11 is 0. The van der Waals surface area contributed by atoms with Crippen LogP contribution in [0.3, 0.4) is 0 Å². The first-order valence-corrected chi connectivity index (χ1v) is 8.83. The van der Waals surface area contributed by atoms with Crippen molar-refractivity contribution < 1.29 is 14.1 Å². The predicted molar refractivity (Wildman–Crippen MR) is 93.0 cm³/mol. The van der Waals surface area contributed by atoms with E-state index in [1.807, 2.05) is 56.0 Å². The Balaban J connectivity index is 1.59. The fraction of sp³-hybridized carbons (Fsp3) is 0.526. The van der Waals surface area contributed by atoms with E-state index < -0.39 is 0 Å². The van der Waals surface area contributed by atoms with E-state index in [1.165, 1.54) is 0 Å². The fourth-order valence-electron chi connectivity index (χ4n) is 2.98. The van der Waals surface area contributed by atoms with Gasteiger partial charge in [-0.1, -0.05) is 49.3 Å². The zero-order valence-electron chi connectivity index (χ0n) is 15.0. The monoisotopic (exact) mass is 343 g/mol. The van der Waals surface area contributed by atoms with Crippen LogP contribution in [0.2, 0.25) is 0 Å². The number of carbonyl (C=O) groups is 1. The molecule has 1 aromatic heterocycles. The quantitative estimate of drug-likeness (QED) is 0.834. The van der Waals surface area contributed by atoms with Gasteiger partial charge >= 0.3 is 0 Å². The van der Waals surface area contributed by atoms with Crippen LogP contribution < -0.4 is 0 Å². The van der Waals surface area contributed by atoms with Crippen LogP contribution in [-0.2, 0) is 16.0 Å². The summed E-state index contributed by atoms with van der Waals surface area (Å²) < 4.78 is 11.2. The largest absolute Gasteiger partial charge is 0.367 e. The number of aryl methyl sites for hydroxylation is 1. The third-order valence-electron chi connectivity index (χ3n) is 4.34. The Kier molecular flexibility index (Phi) is 5.48. The summed E-state index contributed by atoms with van der Waals surface area (Å²) in [6, 6.07) is 10.0. The van der Waals surface area contributed by atoms with Gasteiger partial charge in [0.15, 0.2) is 5.82 Å². The maximum Gasteiger partial charge on any atom is 0.227 e. The van der Waals surface area contributed by atoms with E-state index in [4.69, 9.17) is 9.26 Å². The summed E-state index contributed by atoms with van der Waals surface area (Å²) in [5, 5.41) is 3.94. The molecular formula is C19H25N3O3. The first kappa shape index (κ1) is 17.6. The molecule has 3 rings (SSSR count). The summed E-state index contributed by atoms with van der Waals surface area (Å²) in [4.78, 5) is 18.8. The van der Waals surface area contributed by atoms with Gasteiger partial charge < -0.3 is 14.2 Å². The van der Waals surface area contributed by atoms with Crippen LogP contribution in [0.5, 0.6) is 0 Å². The number of amides is 1. The highest BCUT2D eigenvalue weighted by molar-refractivity contribution is 5.76. The number of aromatic nitrogens is 2. The molecule has 2 atom stereocenters. The minimum Gasteiger partial charge on any atom is -0.367 e. The zero-order valence-corrected chi connectivity index (χ0v) is 15.0. The van der Waals surface area contributed by atoms with Crippen molar-refractivity contribution in [2.24, 2.45) is 0 Å². The molecule has 25 heavy (non-hydrogen) atoms. The van der Waals surface area contributed by atoms with Crippen LogP contribution in [0.1, 0.15) is 56.5 Å². The Morgan fingerprint density at radius 3 is 2.72 bits per heavy atom. The number of morpholine rings is 1. The number of nitrogens with zero attached hydrogens (tertiary/aromatic N) is 3. The van der Waals surface area contributed by atoms with Crippen molar-refractivity contribution in [2.75, 3.05) is 13.1 Å². The van der Waals surface area contributed by atoms with Crippen LogP contribution in [0.15, 0.2) is 34.9 Å². The van der Waals surface area contributed by atoms with Crippen molar-refractivity contribution in [3.8, 4) is 0 Å². The maximum atomic E-state index is 12.6. The van der Waals surface area contributed by atoms with Gasteiger partial charge in [-0.05, 0) is 12.5 Å². The minimum absolute atomic E-state index is 0.0128. The Morgan fingerprint density at radius 2 is 2.04 bits per heavy atom. The molecule has 0 N–H and O–H groups in total. The van der Waals surface area contributed by atoms with Gasteiger partial charge in [0.05, 0.1) is 12.6 Å². The number of ether oxygens (including phenoxy) is 1. The lowest BCUT2D eigenvalue weighted by Crippen LogP contribution is -2.46. The highest BCUT2D eigenvalue weighted by atomic mass is 16.5. The summed E-state index contributed by atoms with van der Waals surface area (Å²) in [6.07, 6.45) is 0.776. The van der Waals surface area contributed by atoms with E-state index in [-0.39, 0.29) is 24.0 Å². The lowest BCUT2D eigenvalue weighted by Gasteiger charge is -2.37. The Hall–Kier alpha value is -2.21. The van der Waals surface area contributed by atoms with Crippen molar-refractivity contribution >= 4 is 5.91 Å². The van der Waals surface area contributed by atoms with Crippen molar-refractivity contribution in [3.05, 3.63) is 47.6 Å². The van der Waals surface area contributed by atoms with E-state index in [0.717, 1.165) is 5.56 Å². The molecule has 0 aliphatic carbocycles. The third-order valence-corrected chi connectivity index (χ3v) is 4.34. The molecule has 1 aromatic carbocycles. The molecular weight excluding hydrogens is 318 g/mol. The minimum atomic E-state index is -0.0788. The SMILES string of the molecule is CC(C)c1noc(CCC(=O)N2C[C@@H](C)O[C@@H](c3ccccc3)C2)n1. The molecule has 2 heterocycles. The Labute approximate surface area is 148 Å². The number of hydrogen-bond donors (Lipinski definition) is 0. The van der Waals surface area contributed by atoms with Gasteiger partial charge in [-0.15, -0.1) is 0 Å². The Morgan fingerprint density at radius 1 is 1.28 bits per heavy atom. The van der Waals surface area contributed by atoms with Crippen LogP contribution in [0.4, 0.5) is 0 Å². The lowest BCUT2D eigenvalue weighted by atomic mass is 10.1. The number of benzene rings is 1. The predicted octanol–water partition coefficient (Wildman–Crippen LogP) is 3.11. The molecule has 0 spiro atoms. The molecule has 0 unspecified atom stereocenters. The summed E-state index contributed by atoms with van der Waals surface area (Å²) in [5.41, 5.74) is 1.10. The molecule has 0 bridgehead atoms. The van der Waals surface area contributed by atoms with Gasteiger partial charge in [0.2, 0.25) is 11.8 Å². The summed E-state index contributed by atoms with van der Waals surface area (Å²) in [7, 11) is 0. The maximum absolute atomic E-state index is 12.6. The second-order valence-electron chi connectivity index (χ2n) is 6.85. The number of carbonyl (C=O) groups excluding carboxylic acids is 1. The van der Waals surface area contributed by atoms with Crippen molar-refractivity contribution in [1.82, 2.24) is 15.0 Å². The van der Waals surface area contributed by atoms with Gasteiger partial charge in [0.1, 0.15) is 6.10 Å². The average molecular weight is 343 g/mol. The van der Waals surface area contributed by atoms with Crippen LogP contribution in [0, 0.1) is 0 Å². The van der Waals surface area contributed by atoms with Gasteiger partial charge in [0.25, 0.3) is 0 Å². The van der Waals surface area contributed by atoms with Crippen molar-refractivity contribution in [3.63, 3.8) is 0 Å². The molecule has 1 fully saturated rings. The van der Waals surface area contributed by atoms with Crippen molar-refractivity contribution in [2.45, 2.75) is 51.7 Å². The van der Waals surface area contributed by atoms with Crippen LogP contribution >= 0.6 is 0 Å². The summed E-state index contributed by atoms with van der Waals surface area (Å²) in [6.45, 7) is 7.22. The molecule has 134 valence electrons. The van der Waals surface area contributed by atoms with Crippen LogP contribution in [0.25, 0.3) is 0 Å². The van der Waals surface area contributed by atoms with Crippen LogP contribution in [-0.4, -0.2) is 40.1 Å².